The fourth-order valence-electron chi connectivity index (χ4n) is 2.26. The molecule has 1 heterocycles. The molecule has 0 spiro atoms. The summed E-state index contributed by atoms with van der Waals surface area (Å²) < 4.78 is 0. The molecule has 2 N–H and O–H groups in total. The number of hydrogen-bond acceptors (Lipinski definition) is 3. The van der Waals surface area contributed by atoms with Crippen LogP contribution in [-0.4, -0.2) is 36.7 Å². The molecule has 1 aliphatic rings. The molecule has 1 amide bonds. The summed E-state index contributed by atoms with van der Waals surface area (Å²) >= 11 is 0. The van der Waals surface area contributed by atoms with E-state index in [1.165, 1.54) is 6.20 Å². The molecule has 1 rings (SSSR count). The second-order valence-electron chi connectivity index (χ2n) is 4.84. The first-order valence-corrected chi connectivity index (χ1v) is 6.24. The van der Waals surface area contributed by atoms with Gasteiger partial charge in [-0.25, -0.2) is 0 Å². The maximum Gasteiger partial charge on any atom is 0.272 e. The lowest BCUT2D eigenvalue weighted by molar-refractivity contribution is -0.125. The minimum absolute atomic E-state index is 0.00333. The molecule has 96 valence electrons. The number of nitrogens with two attached hydrogens (primary N) is 1. The van der Waals surface area contributed by atoms with E-state index in [0.29, 0.717) is 11.6 Å². The highest BCUT2D eigenvalue weighted by Gasteiger charge is 2.25. The maximum absolute atomic E-state index is 12.1. The quantitative estimate of drug-likeness (QED) is 0.755. The van der Waals surface area contributed by atoms with Crippen molar-refractivity contribution in [3.63, 3.8) is 0 Å². The molecule has 1 fully saturated rings. The van der Waals surface area contributed by atoms with Gasteiger partial charge in [0.15, 0.2) is 0 Å². The van der Waals surface area contributed by atoms with Crippen LogP contribution in [0.1, 0.15) is 26.7 Å². The summed E-state index contributed by atoms with van der Waals surface area (Å²) in [5.74, 6) is 1.44. The Balaban J connectivity index is 2.57. The molecule has 1 aliphatic heterocycles. The van der Waals surface area contributed by atoms with Crippen LogP contribution in [-0.2, 0) is 4.79 Å². The lowest BCUT2D eigenvalue weighted by Crippen LogP contribution is -2.42. The van der Waals surface area contributed by atoms with Crippen LogP contribution in [0, 0.1) is 11.8 Å². The average Bonchev–Trinajstić information content (AvgIpc) is 2.35. The van der Waals surface area contributed by atoms with E-state index in [1.807, 2.05) is 4.90 Å². The van der Waals surface area contributed by atoms with Gasteiger partial charge in [0.2, 0.25) is 0 Å². The highest BCUT2D eigenvalue weighted by Crippen LogP contribution is 2.24. The zero-order valence-corrected chi connectivity index (χ0v) is 11.0. The predicted molar refractivity (Wildman–Crippen MR) is 70.8 cm³/mol. The summed E-state index contributed by atoms with van der Waals surface area (Å²) in [6.45, 7) is 6.16. The van der Waals surface area contributed by atoms with Crippen molar-refractivity contribution < 1.29 is 4.79 Å². The summed E-state index contributed by atoms with van der Waals surface area (Å²) in [6, 6.07) is 0. The molecule has 17 heavy (non-hydrogen) atoms. The van der Waals surface area contributed by atoms with Crippen molar-refractivity contribution in [2.24, 2.45) is 22.6 Å². The molecule has 0 aromatic heterocycles. The third-order valence-corrected chi connectivity index (χ3v) is 3.48. The highest BCUT2D eigenvalue weighted by molar-refractivity contribution is 6.43. The predicted octanol–water partition coefficient (Wildman–Crippen LogP) is 1.42. The monoisotopic (exact) mass is 237 g/mol. The molecule has 1 saturated heterocycles. The number of nitrogens with zero attached hydrogens (tertiary/aromatic N) is 2. The van der Waals surface area contributed by atoms with Gasteiger partial charge in [-0.05, 0) is 37.0 Å². The average molecular weight is 237 g/mol. The first-order chi connectivity index (χ1) is 8.10. The molecular formula is C13H23N3O. The Morgan fingerprint density at radius 1 is 1.41 bits per heavy atom. The number of carbonyl (C=O) groups excluding carboxylic acids is 1. The van der Waals surface area contributed by atoms with Crippen LogP contribution in [0.25, 0.3) is 0 Å². The largest absolute Gasteiger partial charge is 0.405 e. The Labute approximate surface area is 104 Å². The minimum Gasteiger partial charge on any atom is -0.405 e. The number of likely N-dealkylation sites (tertiary alicyclic amines) is 1. The Morgan fingerprint density at radius 3 is 2.41 bits per heavy atom. The van der Waals surface area contributed by atoms with Gasteiger partial charge in [-0.1, -0.05) is 13.8 Å². The molecular weight excluding hydrogens is 214 g/mol. The van der Waals surface area contributed by atoms with Gasteiger partial charge in [0.05, 0.1) is 0 Å². The smallest absolute Gasteiger partial charge is 0.272 e. The van der Waals surface area contributed by atoms with Gasteiger partial charge in [0, 0.05) is 20.1 Å². The molecule has 0 saturated carbocycles. The Hall–Kier alpha value is -1.32. The van der Waals surface area contributed by atoms with Crippen LogP contribution < -0.4 is 5.73 Å². The van der Waals surface area contributed by atoms with E-state index in [9.17, 15) is 4.79 Å². The summed E-state index contributed by atoms with van der Waals surface area (Å²) in [5, 5.41) is 0. The number of piperidine rings is 1. The Bertz CT molecular complexity index is 313. The first-order valence-electron chi connectivity index (χ1n) is 6.24. The molecule has 0 atom stereocenters. The lowest BCUT2D eigenvalue weighted by atomic mass is 9.86. The number of aliphatic imine (C=N–C) groups is 1. The SMILES string of the molecule is CN=C(/C=C\N)C(=O)N1CCC(C(C)C)CC1. The van der Waals surface area contributed by atoms with Crippen LogP contribution >= 0.6 is 0 Å². The molecule has 0 radical (unpaired) electrons. The lowest BCUT2D eigenvalue weighted by Gasteiger charge is -2.33. The topological polar surface area (TPSA) is 58.7 Å². The van der Waals surface area contributed by atoms with Crippen molar-refractivity contribution in [3.8, 4) is 0 Å². The summed E-state index contributed by atoms with van der Waals surface area (Å²) in [5.41, 5.74) is 5.74. The maximum atomic E-state index is 12.1. The third-order valence-electron chi connectivity index (χ3n) is 3.48. The van der Waals surface area contributed by atoms with E-state index in [1.54, 1.807) is 13.1 Å². The fraction of sp³-hybridized carbons (Fsp3) is 0.692. The van der Waals surface area contributed by atoms with E-state index >= 15 is 0 Å². The standard InChI is InChI=1S/C13H23N3O/c1-10(2)11-5-8-16(9-6-11)13(17)12(15-3)4-7-14/h4,7,10-11H,5-6,8-9,14H2,1-3H3/b7-4-,15-12?. The van der Waals surface area contributed by atoms with Crippen molar-refractivity contribution in [2.75, 3.05) is 20.1 Å². The Morgan fingerprint density at radius 2 is 2.00 bits per heavy atom. The summed E-state index contributed by atoms with van der Waals surface area (Å²) in [4.78, 5) is 17.9. The molecule has 0 unspecified atom stereocenters. The minimum atomic E-state index is -0.00333. The van der Waals surface area contributed by atoms with Gasteiger partial charge in [0.1, 0.15) is 5.71 Å². The van der Waals surface area contributed by atoms with E-state index in [-0.39, 0.29) is 5.91 Å². The van der Waals surface area contributed by atoms with E-state index in [0.717, 1.165) is 31.8 Å². The fourth-order valence-corrected chi connectivity index (χ4v) is 2.26. The van der Waals surface area contributed by atoms with Crippen molar-refractivity contribution in [3.05, 3.63) is 12.3 Å². The van der Waals surface area contributed by atoms with E-state index < -0.39 is 0 Å². The second kappa shape index (κ2) is 6.42. The van der Waals surface area contributed by atoms with Gasteiger partial charge in [-0.15, -0.1) is 0 Å². The molecule has 4 heteroatoms. The van der Waals surface area contributed by atoms with Crippen molar-refractivity contribution in [2.45, 2.75) is 26.7 Å². The summed E-state index contributed by atoms with van der Waals surface area (Å²) in [6.07, 6.45) is 5.11. The van der Waals surface area contributed by atoms with E-state index in [2.05, 4.69) is 18.8 Å². The normalized spacial score (nSPS) is 19.3. The highest BCUT2D eigenvalue weighted by atomic mass is 16.2. The number of amides is 1. The molecule has 0 aromatic carbocycles. The van der Waals surface area contributed by atoms with Crippen molar-refractivity contribution in [1.82, 2.24) is 4.90 Å². The molecule has 0 aromatic rings. The van der Waals surface area contributed by atoms with Crippen LogP contribution in [0.5, 0.6) is 0 Å². The first kappa shape index (κ1) is 13.7. The van der Waals surface area contributed by atoms with Gasteiger partial charge in [-0.3, -0.25) is 9.79 Å². The number of rotatable bonds is 3. The van der Waals surface area contributed by atoms with Gasteiger partial charge < -0.3 is 10.6 Å². The van der Waals surface area contributed by atoms with Gasteiger partial charge in [-0.2, -0.15) is 0 Å². The zero-order valence-electron chi connectivity index (χ0n) is 11.0. The Kier molecular flexibility index (Phi) is 5.19. The second-order valence-corrected chi connectivity index (χ2v) is 4.84. The van der Waals surface area contributed by atoms with Gasteiger partial charge >= 0.3 is 0 Å². The number of hydrogen-bond donors (Lipinski definition) is 1. The van der Waals surface area contributed by atoms with Crippen LogP contribution in [0.4, 0.5) is 0 Å². The third kappa shape index (κ3) is 3.58. The zero-order chi connectivity index (χ0) is 12.8. The molecule has 0 bridgehead atoms. The van der Waals surface area contributed by atoms with Crippen LogP contribution in [0.2, 0.25) is 0 Å². The van der Waals surface area contributed by atoms with Crippen LogP contribution in [0.15, 0.2) is 17.3 Å². The van der Waals surface area contributed by atoms with Crippen molar-refractivity contribution >= 4 is 11.6 Å². The van der Waals surface area contributed by atoms with Crippen molar-refractivity contribution in [1.29, 1.82) is 0 Å². The number of carbonyl (C=O) groups is 1. The van der Waals surface area contributed by atoms with E-state index in [4.69, 9.17) is 5.73 Å². The van der Waals surface area contributed by atoms with Gasteiger partial charge in [0.25, 0.3) is 5.91 Å². The summed E-state index contributed by atoms with van der Waals surface area (Å²) in [7, 11) is 1.62. The van der Waals surface area contributed by atoms with Crippen LogP contribution in [0.3, 0.4) is 0 Å². The molecule has 0 aliphatic carbocycles. The molecule has 4 nitrogen and oxygen atoms in total.